The predicted molar refractivity (Wildman–Crippen MR) is 50.2 cm³/mol. The van der Waals surface area contributed by atoms with Gasteiger partial charge in [-0.25, -0.2) is 0 Å². The van der Waals surface area contributed by atoms with Crippen LogP contribution < -0.4 is 0 Å². The molecule has 0 aliphatic carbocycles. The zero-order chi connectivity index (χ0) is 7.56. The molecule has 1 heterocycles. The van der Waals surface area contributed by atoms with Gasteiger partial charge in [0.2, 0.25) is 0 Å². The lowest BCUT2D eigenvalue weighted by atomic mass is 10.4. The first-order chi connectivity index (χ1) is 4.74. The van der Waals surface area contributed by atoms with Crippen LogP contribution in [-0.2, 0) is 0 Å². The topological polar surface area (TPSA) is 17.1 Å². The Balaban J connectivity index is 2.85. The van der Waals surface area contributed by atoms with Crippen molar-refractivity contribution in [3.05, 3.63) is 20.8 Å². The van der Waals surface area contributed by atoms with Crippen molar-refractivity contribution >= 4 is 45.7 Å². The predicted octanol–water partition coefficient (Wildman–Crippen LogP) is 2.62. The van der Waals surface area contributed by atoms with Gasteiger partial charge in [-0.2, -0.15) is 12.6 Å². The molecule has 0 radical (unpaired) electrons. The summed E-state index contributed by atoms with van der Waals surface area (Å²) >= 11 is 8.58. The Labute approximate surface area is 77.0 Å². The van der Waals surface area contributed by atoms with Gasteiger partial charge < -0.3 is 0 Å². The van der Waals surface area contributed by atoms with Gasteiger partial charge in [-0.3, -0.25) is 4.79 Å². The summed E-state index contributed by atoms with van der Waals surface area (Å²) in [6.07, 6.45) is 0. The summed E-state index contributed by atoms with van der Waals surface area (Å²) in [5, 5.41) is 1.89. The number of ketones is 1. The zero-order valence-corrected chi connectivity index (χ0v) is 8.30. The van der Waals surface area contributed by atoms with E-state index in [4.69, 9.17) is 0 Å². The third kappa shape index (κ3) is 1.84. The average Bonchev–Trinajstić information content (AvgIpc) is 2.34. The van der Waals surface area contributed by atoms with Gasteiger partial charge in [0, 0.05) is 9.85 Å². The molecule has 0 bridgehead atoms. The van der Waals surface area contributed by atoms with Crippen molar-refractivity contribution in [3.8, 4) is 0 Å². The molecule has 0 saturated carbocycles. The van der Waals surface area contributed by atoms with Crippen LogP contribution >= 0.6 is 39.9 Å². The molecule has 1 aromatic rings. The van der Waals surface area contributed by atoms with E-state index in [1.165, 1.54) is 11.3 Å². The molecule has 0 spiro atoms. The summed E-state index contributed by atoms with van der Waals surface area (Å²) in [4.78, 5) is 11.7. The van der Waals surface area contributed by atoms with Crippen LogP contribution in [-0.4, -0.2) is 11.5 Å². The van der Waals surface area contributed by atoms with Crippen LogP contribution in [0.5, 0.6) is 0 Å². The summed E-state index contributed by atoms with van der Waals surface area (Å²) in [5.41, 5.74) is 0. The molecular formula is C6H5BrOS2. The van der Waals surface area contributed by atoms with Gasteiger partial charge in [-0.15, -0.1) is 11.3 Å². The van der Waals surface area contributed by atoms with E-state index in [-0.39, 0.29) is 11.5 Å². The fourth-order valence-corrected chi connectivity index (χ4v) is 2.18. The third-order valence-electron chi connectivity index (χ3n) is 0.986. The SMILES string of the molecule is O=C(CS)c1cc(Br)cs1. The van der Waals surface area contributed by atoms with E-state index in [9.17, 15) is 4.79 Å². The number of Topliss-reactive ketones (excluding diaryl/α,β-unsaturated/α-hetero) is 1. The summed E-state index contributed by atoms with van der Waals surface area (Å²) in [6.45, 7) is 0. The molecule has 0 saturated heterocycles. The Morgan fingerprint density at radius 2 is 2.50 bits per heavy atom. The molecule has 1 rings (SSSR count). The lowest BCUT2D eigenvalue weighted by molar-refractivity contribution is 0.102. The van der Waals surface area contributed by atoms with Crippen molar-refractivity contribution in [1.82, 2.24) is 0 Å². The molecule has 4 heteroatoms. The van der Waals surface area contributed by atoms with Gasteiger partial charge >= 0.3 is 0 Å². The number of rotatable bonds is 2. The minimum Gasteiger partial charge on any atom is -0.292 e. The fourth-order valence-electron chi connectivity index (χ4n) is 0.537. The summed E-state index contributed by atoms with van der Waals surface area (Å²) in [7, 11) is 0. The highest BCUT2D eigenvalue weighted by atomic mass is 79.9. The minimum atomic E-state index is 0.0824. The lowest BCUT2D eigenvalue weighted by Crippen LogP contribution is -1.95. The highest BCUT2D eigenvalue weighted by Crippen LogP contribution is 2.20. The molecule has 10 heavy (non-hydrogen) atoms. The van der Waals surface area contributed by atoms with E-state index >= 15 is 0 Å². The monoisotopic (exact) mass is 236 g/mol. The van der Waals surface area contributed by atoms with Crippen molar-refractivity contribution in [3.63, 3.8) is 0 Å². The zero-order valence-electron chi connectivity index (χ0n) is 5.00. The van der Waals surface area contributed by atoms with Crippen LogP contribution in [0.4, 0.5) is 0 Å². The van der Waals surface area contributed by atoms with Crippen molar-refractivity contribution < 1.29 is 4.79 Å². The Bertz CT molecular complexity index is 244. The van der Waals surface area contributed by atoms with Crippen LogP contribution in [0.2, 0.25) is 0 Å². The molecule has 0 amide bonds. The van der Waals surface area contributed by atoms with Crippen molar-refractivity contribution in [1.29, 1.82) is 0 Å². The number of hydrogen-bond donors (Lipinski definition) is 1. The van der Waals surface area contributed by atoms with E-state index < -0.39 is 0 Å². The fraction of sp³-hybridized carbons (Fsp3) is 0.167. The van der Waals surface area contributed by atoms with Gasteiger partial charge in [0.25, 0.3) is 0 Å². The Morgan fingerprint density at radius 1 is 1.80 bits per heavy atom. The maximum atomic E-state index is 10.9. The van der Waals surface area contributed by atoms with Gasteiger partial charge in [0.15, 0.2) is 5.78 Å². The van der Waals surface area contributed by atoms with E-state index in [2.05, 4.69) is 28.6 Å². The Hall–Kier alpha value is 0.200. The molecule has 0 N–H and O–H groups in total. The first-order valence-corrected chi connectivity index (χ1v) is 4.92. The molecule has 0 aliphatic heterocycles. The number of carbonyl (C=O) groups excluding carboxylic acids is 1. The van der Waals surface area contributed by atoms with Crippen molar-refractivity contribution in [2.75, 3.05) is 5.75 Å². The second kappa shape index (κ2) is 3.55. The number of thiophene rings is 1. The largest absolute Gasteiger partial charge is 0.292 e. The molecule has 0 aliphatic rings. The number of thiol groups is 1. The Kier molecular flexibility index (Phi) is 2.95. The minimum absolute atomic E-state index is 0.0824. The van der Waals surface area contributed by atoms with E-state index in [1.807, 2.05) is 11.4 Å². The molecule has 0 unspecified atom stereocenters. The number of halogens is 1. The van der Waals surface area contributed by atoms with Crippen LogP contribution in [0.15, 0.2) is 15.9 Å². The molecular weight excluding hydrogens is 232 g/mol. The third-order valence-corrected chi connectivity index (χ3v) is 3.01. The Morgan fingerprint density at radius 3 is 2.90 bits per heavy atom. The first kappa shape index (κ1) is 8.30. The number of carbonyl (C=O) groups is 1. The van der Waals surface area contributed by atoms with Gasteiger partial charge in [0.05, 0.1) is 10.6 Å². The van der Waals surface area contributed by atoms with Crippen LogP contribution in [0.1, 0.15) is 9.67 Å². The van der Waals surface area contributed by atoms with Crippen molar-refractivity contribution in [2.24, 2.45) is 0 Å². The quantitative estimate of drug-likeness (QED) is 0.618. The summed E-state index contributed by atoms with van der Waals surface area (Å²) in [6, 6.07) is 1.81. The standard InChI is InChI=1S/C6H5BrOS2/c7-4-1-6(10-3-4)5(8)2-9/h1,3,9H,2H2. The molecule has 1 aromatic heterocycles. The maximum absolute atomic E-state index is 10.9. The molecule has 0 atom stereocenters. The smallest absolute Gasteiger partial charge is 0.182 e. The van der Waals surface area contributed by atoms with Crippen LogP contribution in [0, 0.1) is 0 Å². The highest BCUT2D eigenvalue weighted by molar-refractivity contribution is 9.10. The molecule has 0 fully saturated rings. The molecule has 0 aromatic carbocycles. The first-order valence-electron chi connectivity index (χ1n) is 2.62. The van der Waals surface area contributed by atoms with Gasteiger partial charge in [-0.1, -0.05) is 0 Å². The van der Waals surface area contributed by atoms with Crippen LogP contribution in [0.25, 0.3) is 0 Å². The average molecular weight is 237 g/mol. The maximum Gasteiger partial charge on any atom is 0.182 e. The van der Waals surface area contributed by atoms with E-state index in [0.717, 1.165) is 9.35 Å². The summed E-state index contributed by atoms with van der Waals surface area (Å²) in [5.74, 6) is 0.367. The lowest BCUT2D eigenvalue weighted by Gasteiger charge is -1.86. The normalized spacial score (nSPS) is 9.80. The molecule has 54 valence electrons. The van der Waals surface area contributed by atoms with Gasteiger partial charge in [-0.05, 0) is 22.0 Å². The highest BCUT2D eigenvalue weighted by Gasteiger charge is 2.04. The summed E-state index contributed by atoms with van der Waals surface area (Å²) < 4.78 is 0.961. The second-order valence-electron chi connectivity index (χ2n) is 1.71. The van der Waals surface area contributed by atoms with E-state index in [0.29, 0.717) is 0 Å². The van der Waals surface area contributed by atoms with E-state index in [1.54, 1.807) is 0 Å². The second-order valence-corrected chi connectivity index (χ2v) is 3.85. The molecule has 1 nitrogen and oxygen atoms in total. The number of hydrogen-bond acceptors (Lipinski definition) is 3. The van der Waals surface area contributed by atoms with Crippen molar-refractivity contribution in [2.45, 2.75) is 0 Å². The van der Waals surface area contributed by atoms with Gasteiger partial charge in [0.1, 0.15) is 0 Å². The van der Waals surface area contributed by atoms with Crippen LogP contribution in [0.3, 0.4) is 0 Å².